The lowest BCUT2D eigenvalue weighted by Gasteiger charge is -2.22. The minimum atomic E-state index is -0.0859. The van der Waals surface area contributed by atoms with E-state index in [4.69, 9.17) is 0 Å². The Kier molecular flexibility index (Phi) is 8.02. The average Bonchev–Trinajstić information content (AvgIpc) is 2.22. The summed E-state index contributed by atoms with van der Waals surface area (Å²) < 4.78 is 0. The zero-order valence-corrected chi connectivity index (χ0v) is 12.5. The maximum absolute atomic E-state index is 4.37. The van der Waals surface area contributed by atoms with Gasteiger partial charge in [-0.15, -0.1) is 11.8 Å². The third kappa shape index (κ3) is 8.11. The molecule has 3 nitrogen and oxygen atoms in total. The maximum atomic E-state index is 4.37. The third-order valence-electron chi connectivity index (χ3n) is 2.29. The van der Waals surface area contributed by atoms with E-state index >= 15 is 0 Å². The van der Waals surface area contributed by atoms with Crippen LogP contribution >= 0.6 is 11.8 Å². The Morgan fingerprint density at radius 3 is 2.19 bits per heavy atom. The van der Waals surface area contributed by atoms with Crippen LogP contribution in [0.2, 0.25) is 0 Å². The molecule has 0 aliphatic rings. The lowest BCUT2D eigenvalue weighted by Crippen LogP contribution is -2.26. The lowest BCUT2D eigenvalue weighted by atomic mass is 10.4. The van der Waals surface area contributed by atoms with Crippen molar-refractivity contribution in [2.24, 2.45) is 10.2 Å². The van der Waals surface area contributed by atoms with Crippen LogP contribution in [0.1, 0.15) is 41.5 Å². The van der Waals surface area contributed by atoms with Gasteiger partial charge >= 0.3 is 0 Å². The largest absolute Gasteiger partial charge is 0.303 e. The van der Waals surface area contributed by atoms with Crippen LogP contribution in [0.5, 0.6) is 0 Å². The van der Waals surface area contributed by atoms with Gasteiger partial charge in [0.05, 0.1) is 6.04 Å². The van der Waals surface area contributed by atoms with Gasteiger partial charge in [0.2, 0.25) is 0 Å². The van der Waals surface area contributed by atoms with Crippen LogP contribution in [0.25, 0.3) is 0 Å². The number of rotatable bonds is 8. The van der Waals surface area contributed by atoms with E-state index in [0.29, 0.717) is 6.04 Å². The normalized spacial score (nSPS) is 13.2. The van der Waals surface area contributed by atoms with Crippen molar-refractivity contribution in [3.63, 3.8) is 0 Å². The first kappa shape index (κ1) is 15.9. The van der Waals surface area contributed by atoms with Crippen molar-refractivity contribution in [3.8, 4) is 0 Å². The molecule has 0 radical (unpaired) electrons. The number of nitrogens with zero attached hydrogens (tertiary/aromatic N) is 3. The molecule has 0 heterocycles. The summed E-state index contributed by atoms with van der Waals surface area (Å²) in [6.07, 6.45) is 0. The summed E-state index contributed by atoms with van der Waals surface area (Å²) in [6.45, 7) is 16.2. The van der Waals surface area contributed by atoms with Crippen LogP contribution in [-0.4, -0.2) is 41.2 Å². The average molecular weight is 245 g/mol. The van der Waals surface area contributed by atoms with Crippen molar-refractivity contribution < 1.29 is 0 Å². The van der Waals surface area contributed by atoms with E-state index in [2.05, 4.69) is 56.7 Å². The van der Waals surface area contributed by atoms with Crippen LogP contribution in [-0.2, 0) is 0 Å². The van der Waals surface area contributed by atoms with Crippen molar-refractivity contribution in [3.05, 3.63) is 0 Å². The zero-order valence-electron chi connectivity index (χ0n) is 11.7. The predicted octanol–water partition coefficient (Wildman–Crippen LogP) is 3.66. The molecule has 0 saturated heterocycles. The summed E-state index contributed by atoms with van der Waals surface area (Å²) in [5, 5.41) is 8.60. The van der Waals surface area contributed by atoms with Gasteiger partial charge in [-0.05, 0) is 40.8 Å². The molecule has 0 rings (SSSR count). The summed E-state index contributed by atoms with van der Waals surface area (Å²) in [6, 6.07) is 0.294. The quantitative estimate of drug-likeness (QED) is 0.610. The van der Waals surface area contributed by atoms with Crippen LogP contribution in [0.4, 0.5) is 0 Å². The summed E-state index contributed by atoms with van der Waals surface area (Å²) >= 11 is 1.88. The Hall–Kier alpha value is -0.0900. The van der Waals surface area contributed by atoms with Gasteiger partial charge in [-0.25, -0.2) is 0 Å². The predicted molar refractivity (Wildman–Crippen MR) is 74.3 cm³/mol. The molecule has 0 aliphatic carbocycles. The van der Waals surface area contributed by atoms with Crippen molar-refractivity contribution in [2.45, 2.75) is 52.5 Å². The molecule has 0 saturated carbocycles. The summed E-state index contributed by atoms with van der Waals surface area (Å²) in [7, 11) is 0. The summed E-state index contributed by atoms with van der Waals surface area (Å²) in [5.74, 6) is 1.12. The van der Waals surface area contributed by atoms with Crippen LogP contribution in [0.15, 0.2) is 10.2 Å². The molecule has 0 atom stereocenters. The summed E-state index contributed by atoms with van der Waals surface area (Å²) in [4.78, 5) is 2.35. The maximum Gasteiger partial charge on any atom is 0.121 e. The highest BCUT2D eigenvalue weighted by Gasteiger charge is 2.17. The molecular formula is C12H27N3S. The number of hydrogen-bond acceptors (Lipinski definition) is 4. The Balaban J connectivity index is 3.90. The Morgan fingerprint density at radius 2 is 1.75 bits per heavy atom. The number of azo groups is 1. The van der Waals surface area contributed by atoms with Gasteiger partial charge in [-0.1, -0.05) is 13.8 Å². The molecule has 0 aromatic carbocycles. The molecule has 0 aromatic rings. The molecule has 0 aliphatic heterocycles. The number of hydrogen-bond donors (Lipinski definition) is 0. The van der Waals surface area contributed by atoms with E-state index in [1.54, 1.807) is 0 Å². The molecule has 16 heavy (non-hydrogen) atoms. The zero-order chi connectivity index (χ0) is 12.6. The molecule has 0 bridgehead atoms. The first-order valence-electron chi connectivity index (χ1n) is 6.19. The minimum Gasteiger partial charge on any atom is -0.303 e. The monoisotopic (exact) mass is 245 g/mol. The van der Waals surface area contributed by atoms with Gasteiger partial charge < -0.3 is 4.90 Å². The second-order valence-corrected chi connectivity index (χ2v) is 6.33. The highest BCUT2D eigenvalue weighted by atomic mass is 32.2. The van der Waals surface area contributed by atoms with Gasteiger partial charge in [0, 0.05) is 12.3 Å². The van der Waals surface area contributed by atoms with E-state index < -0.39 is 0 Å². The van der Waals surface area contributed by atoms with E-state index in [-0.39, 0.29) is 4.87 Å². The first-order chi connectivity index (χ1) is 7.41. The lowest BCUT2D eigenvalue weighted by molar-refractivity contribution is 0.323. The fraction of sp³-hybridized carbons (Fsp3) is 1.00. The standard InChI is InChI=1S/C12H27N3S/c1-7-15(8-2)9-10-16-12(5,6)14-13-11(3)4/h11H,7-10H2,1-6H3/b14-13+. The van der Waals surface area contributed by atoms with Crippen molar-refractivity contribution in [1.82, 2.24) is 4.90 Å². The highest BCUT2D eigenvalue weighted by molar-refractivity contribution is 8.00. The molecule has 0 N–H and O–H groups in total. The van der Waals surface area contributed by atoms with Gasteiger partial charge in [0.25, 0.3) is 0 Å². The van der Waals surface area contributed by atoms with Crippen LogP contribution < -0.4 is 0 Å². The van der Waals surface area contributed by atoms with Crippen molar-refractivity contribution >= 4 is 11.8 Å². The molecule has 96 valence electrons. The number of thioether (sulfide) groups is 1. The Bertz CT molecular complexity index is 198. The van der Waals surface area contributed by atoms with E-state index in [9.17, 15) is 0 Å². The smallest absolute Gasteiger partial charge is 0.121 e. The van der Waals surface area contributed by atoms with Gasteiger partial charge in [-0.3, -0.25) is 0 Å². The third-order valence-corrected chi connectivity index (χ3v) is 3.46. The fourth-order valence-corrected chi connectivity index (χ4v) is 2.20. The van der Waals surface area contributed by atoms with E-state index in [0.717, 1.165) is 25.4 Å². The van der Waals surface area contributed by atoms with Crippen LogP contribution in [0, 0.1) is 0 Å². The molecule has 4 heteroatoms. The SMILES string of the molecule is CCN(CC)CCSC(C)(C)/N=N/C(C)C. The Morgan fingerprint density at radius 1 is 1.19 bits per heavy atom. The second-order valence-electron chi connectivity index (χ2n) is 4.63. The second kappa shape index (κ2) is 8.07. The minimum absolute atomic E-state index is 0.0859. The van der Waals surface area contributed by atoms with Crippen molar-refractivity contribution in [2.75, 3.05) is 25.4 Å². The van der Waals surface area contributed by atoms with Gasteiger partial charge in [0.1, 0.15) is 4.87 Å². The molecule has 0 spiro atoms. The van der Waals surface area contributed by atoms with E-state index in [1.165, 1.54) is 0 Å². The molecule has 0 fully saturated rings. The molecular weight excluding hydrogens is 218 g/mol. The van der Waals surface area contributed by atoms with Gasteiger partial charge in [-0.2, -0.15) is 10.2 Å². The fourth-order valence-electron chi connectivity index (χ4n) is 1.25. The van der Waals surface area contributed by atoms with Gasteiger partial charge in [0.15, 0.2) is 0 Å². The molecule has 0 aromatic heterocycles. The van der Waals surface area contributed by atoms with Crippen molar-refractivity contribution in [1.29, 1.82) is 0 Å². The molecule has 0 amide bonds. The Labute approximate surface area is 105 Å². The first-order valence-corrected chi connectivity index (χ1v) is 7.18. The van der Waals surface area contributed by atoms with Crippen LogP contribution in [0.3, 0.4) is 0 Å². The van der Waals surface area contributed by atoms with E-state index in [1.807, 2.05) is 11.8 Å². The highest BCUT2D eigenvalue weighted by Crippen LogP contribution is 2.26. The molecule has 0 unspecified atom stereocenters. The summed E-state index contributed by atoms with van der Waals surface area (Å²) in [5.41, 5.74) is 0. The topological polar surface area (TPSA) is 28.0 Å².